The van der Waals surface area contributed by atoms with Crippen LogP contribution in [0.2, 0.25) is 0 Å². The highest BCUT2D eigenvalue weighted by molar-refractivity contribution is 5.68. The molecule has 0 aromatic rings. The Morgan fingerprint density at radius 2 is 1.83 bits per heavy atom. The second kappa shape index (κ2) is 6.03. The fourth-order valence-corrected chi connectivity index (χ4v) is 1.62. The molecule has 18 heavy (non-hydrogen) atoms. The van der Waals surface area contributed by atoms with E-state index in [1.807, 2.05) is 0 Å². The SMILES string of the molecule is CC(=O)OC(CC(F)(F)F)C[N+](C)(C)CC(=O)O. The summed E-state index contributed by atoms with van der Waals surface area (Å²) in [6.45, 7) is 0.446. The van der Waals surface area contributed by atoms with Crippen LogP contribution in [0.1, 0.15) is 13.3 Å². The molecule has 1 unspecified atom stereocenters. The molecule has 0 amide bonds. The first-order chi connectivity index (χ1) is 7.91. The average Bonchev–Trinajstić information content (AvgIpc) is 1.92. The number of carboxylic acids is 1. The molecule has 8 heteroatoms. The molecule has 0 spiro atoms. The Morgan fingerprint density at radius 1 is 1.33 bits per heavy atom. The van der Waals surface area contributed by atoms with E-state index in [-0.39, 0.29) is 17.6 Å². The van der Waals surface area contributed by atoms with Crippen LogP contribution in [0, 0.1) is 0 Å². The number of aliphatic carboxylic acids is 1. The lowest BCUT2D eigenvalue weighted by atomic mass is 10.2. The Bertz CT molecular complexity index is 315. The quantitative estimate of drug-likeness (QED) is 0.579. The van der Waals surface area contributed by atoms with Gasteiger partial charge in [-0.05, 0) is 0 Å². The van der Waals surface area contributed by atoms with E-state index >= 15 is 0 Å². The second-order valence-corrected chi connectivity index (χ2v) is 4.72. The highest BCUT2D eigenvalue weighted by atomic mass is 19.4. The molecule has 0 aliphatic carbocycles. The highest BCUT2D eigenvalue weighted by Crippen LogP contribution is 2.24. The monoisotopic (exact) mass is 272 g/mol. The number of alkyl halides is 3. The third-order valence-corrected chi connectivity index (χ3v) is 2.05. The molecule has 0 radical (unpaired) electrons. The van der Waals surface area contributed by atoms with E-state index in [9.17, 15) is 22.8 Å². The summed E-state index contributed by atoms with van der Waals surface area (Å²) in [5.41, 5.74) is 0. The van der Waals surface area contributed by atoms with Gasteiger partial charge in [-0.2, -0.15) is 13.2 Å². The van der Waals surface area contributed by atoms with E-state index in [2.05, 4.69) is 4.74 Å². The molecule has 0 aliphatic heterocycles. The molecule has 1 atom stereocenters. The number of carbonyl (C=O) groups is 2. The molecule has 5 nitrogen and oxygen atoms in total. The molecule has 1 N–H and O–H groups in total. The Hall–Kier alpha value is -1.31. The number of quaternary nitrogens is 1. The van der Waals surface area contributed by atoms with E-state index in [0.717, 1.165) is 6.92 Å². The van der Waals surface area contributed by atoms with Crippen LogP contribution in [-0.4, -0.2) is 61.0 Å². The number of rotatable bonds is 6. The molecule has 0 aromatic heterocycles. The van der Waals surface area contributed by atoms with Gasteiger partial charge in [-0.1, -0.05) is 0 Å². The predicted molar refractivity (Wildman–Crippen MR) is 55.7 cm³/mol. The van der Waals surface area contributed by atoms with Gasteiger partial charge in [-0.3, -0.25) is 4.79 Å². The number of hydrogen-bond acceptors (Lipinski definition) is 3. The van der Waals surface area contributed by atoms with Crippen LogP contribution in [0.3, 0.4) is 0 Å². The van der Waals surface area contributed by atoms with E-state index < -0.39 is 30.6 Å². The highest BCUT2D eigenvalue weighted by Gasteiger charge is 2.37. The van der Waals surface area contributed by atoms with Gasteiger partial charge < -0.3 is 14.3 Å². The standard InChI is InChI=1S/C10H16F3NO4/c1-7(15)18-8(4-10(11,12)13)5-14(2,3)6-9(16)17/h8H,4-6H2,1-3H3/p+1. The smallest absolute Gasteiger partial charge is 0.392 e. The zero-order valence-corrected chi connectivity index (χ0v) is 10.5. The Labute approximate surface area is 103 Å². The summed E-state index contributed by atoms with van der Waals surface area (Å²) in [6, 6.07) is 0. The molecule has 106 valence electrons. The Morgan fingerprint density at radius 3 is 2.17 bits per heavy atom. The summed E-state index contributed by atoms with van der Waals surface area (Å²) in [5.74, 6) is -1.95. The van der Waals surface area contributed by atoms with Gasteiger partial charge in [0.1, 0.15) is 6.54 Å². The molecule has 0 fully saturated rings. The van der Waals surface area contributed by atoms with Crippen molar-refractivity contribution >= 4 is 11.9 Å². The van der Waals surface area contributed by atoms with E-state index in [1.165, 1.54) is 14.1 Å². The summed E-state index contributed by atoms with van der Waals surface area (Å²) in [5, 5.41) is 8.63. The van der Waals surface area contributed by atoms with Crippen LogP contribution >= 0.6 is 0 Å². The van der Waals surface area contributed by atoms with Crippen LogP contribution in [0.5, 0.6) is 0 Å². The fraction of sp³-hybridized carbons (Fsp3) is 0.800. The third-order valence-electron chi connectivity index (χ3n) is 2.05. The van der Waals surface area contributed by atoms with Gasteiger partial charge >= 0.3 is 18.1 Å². The van der Waals surface area contributed by atoms with Crippen molar-refractivity contribution in [1.29, 1.82) is 0 Å². The fourth-order valence-electron chi connectivity index (χ4n) is 1.62. The zero-order chi connectivity index (χ0) is 14.6. The molecular weight excluding hydrogens is 255 g/mol. The first kappa shape index (κ1) is 16.7. The molecule has 0 rings (SSSR count). The van der Waals surface area contributed by atoms with Gasteiger partial charge in [-0.15, -0.1) is 0 Å². The molecule has 0 aromatic carbocycles. The maximum absolute atomic E-state index is 12.3. The van der Waals surface area contributed by atoms with Crippen molar-refractivity contribution in [3.8, 4) is 0 Å². The summed E-state index contributed by atoms with van der Waals surface area (Å²) in [6.07, 6.45) is -7.13. The van der Waals surface area contributed by atoms with Gasteiger partial charge in [0.15, 0.2) is 12.6 Å². The third kappa shape index (κ3) is 8.80. The molecule has 0 saturated carbocycles. The Kier molecular flexibility index (Phi) is 5.59. The van der Waals surface area contributed by atoms with Crippen molar-refractivity contribution in [3.63, 3.8) is 0 Å². The van der Waals surface area contributed by atoms with Crippen LogP contribution in [0.4, 0.5) is 13.2 Å². The van der Waals surface area contributed by atoms with Gasteiger partial charge in [0.25, 0.3) is 0 Å². The van der Waals surface area contributed by atoms with Crippen molar-refractivity contribution < 1.29 is 37.1 Å². The first-order valence-electron chi connectivity index (χ1n) is 5.19. The summed E-state index contributed by atoms with van der Waals surface area (Å²) < 4.78 is 41.2. The van der Waals surface area contributed by atoms with Gasteiger partial charge in [-0.25, -0.2) is 4.79 Å². The first-order valence-corrected chi connectivity index (χ1v) is 5.19. The average molecular weight is 272 g/mol. The maximum Gasteiger partial charge on any atom is 0.392 e. The molecule has 0 bridgehead atoms. The summed E-state index contributed by atoms with van der Waals surface area (Å²) >= 11 is 0. The number of likely N-dealkylation sites (N-methyl/N-ethyl adjacent to an activating group) is 1. The van der Waals surface area contributed by atoms with E-state index in [4.69, 9.17) is 5.11 Å². The number of halogens is 3. The van der Waals surface area contributed by atoms with Crippen LogP contribution < -0.4 is 0 Å². The van der Waals surface area contributed by atoms with Crippen molar-refractivity contribution in [2.75, 3.05) is 27.2 Å². The van der Waals surface area contributed by atoms with Crippen molar-refractivity contribution in [3.05, 3.63) is 0 Å². The number of carbonyl (C=O) groups excluding carboxylic acids is 1. The molecule has 0 aliphatic rings. The second-order valence-electron chi connectivity index (χ2n) is 4.72. The Balaban J connectivity index is 4.67. The van der Waals surface area contributed by atoms with Crippen LogP contribution in [-0.2, 0) is 14.3 Å². The number of ether oxygens (including phenoxy) is 1. The molecule has 0 heterocycles. The number of esters is 1. The van der Waals surface area contributed by atoms with Crippen molar-refractivity contribution in [1.82, 2.24) is 0 Å². The predicted octanol–water partition coefficient (Wildman–Crippen LogP) is 1.03. The number of carboxylic acid groups (broad SMARTS) is 1. The van der Waals surface area contributed by atoms with Crippen molar-refractivity contribution in [2.45, 2.75) is 25.6 Å². The number of hydrogen-bond donors (Lipinski definition) is 1. The van der Waals surface area contributed by atoms with Crippen molar-refractivity contribution in [2.24, 2.45) is 0 Å². The minimum absolute atomic E-state index is 0.205. The van der Waals surface area contributed by atoms with Gasteiger partial charge in [0.05, 0.1) is 20.5 Å². The van der Waals surface area contributed by atoms with E-state index in [1.54, 1.807) is 0 Å². The summed E-state index contributed by atoms with van der Waals surface area (Å²) in [4.78, 5) is 21.3. The lowest BCUT2D eigenvalue weighted by Gasteiger charge is -2.31. The topological polar surface area (TPSA) is 63.6 Å². The minimum atomic E-state index is -4.47. The largest absolute Gasteiger partial charge is 0.477 e. The van der Waals surface area contributed by atoms with Crippen LogP contribution in [0.25, 0.3) is 0 Å². The lowest BCUT2D eigenvalue weighted by Crippen LogP contribution is -2.50. The van der Waals surface area contributed by atoms with Crippen LogP contribution in [0.15, 0.2) is 0 Å². The number of nitrogens with zero attached hydrogens (tertiary/aromatic N) is 1. The lowest BCUT2D eigenvalue weighted by molar-refractivity contribution is -0.886. The molecular formula is C10H17F3NO4+. The normalized spacial score (nSPS) is 14.1. The summed E-state index contributed by atoms with van der Waals surface area (Å²) in [7, 11) is 2.92. The zero-order valence-electron chi connectivity index (χ0n) is 10.5. The van der Waals surface area contributed by atoms with Gasteiger partial charge in [0.2, 0.25) is 0 Å². The minimum Gasteiger partial charge on any atom is -0.477 e. The van der Waals surface area contributed by atoms with Gasteiger partial charge in [0, 0.05) is 6.92 Å². The molecule has 0 saturated heterocycles. The van der Waals surface area contributed by atoms with E-state index in [0.29, 0.717) is 0 Å². The maximum atomic E-state index is 12.3.